The van der Waals surface area contributed by atoms with Crippen LogP contribution in [0.1, 0.15) is 33.3 Å². The Morgan fingerprint density at radius 2 is 1.54 bits per heavy atom. The molecule has 4 heteroatoms. The largest absolute Gasteiger partial charge is 0.482 e. The van der Waals surface area contributed by atoms with E-state index in [1.165, 1.54) is 5.56 Å². The van der Waals surface area contributed by atoms with E-state index in [1.54, 1.807) is 6.07 Å². The van der Waals surface area contributed by atoms with Gasteiger partial charge in [0.1, 0.15) is 6.10 Å². The van der Waals surface area contributed by atoms with Crippen molar-refractivity contribution in [1.29, 1.82) is 0 Å². The highest BCUT2D eigenvalue weighted by Gasteiger charge is 2.34. The van der Waals surface area contributed by atoms with E-state index >= 15 is 0 Å². The van der Waals surface area contributed by atoms with E-state index in [0.29, 0.717) is 11.5 Å². The first-order valence-corrected chi connectivity index (χ1v) is 8.18. The highest BCUT2D eigenvalue weighted by atomic mass is 16.6. The molecule has 0 aromatic heterocycles. The fourth-order valence-corrected chi connectivity index (χ4v) is 2.67. The third kappa shape index (κ3) is 3.37. The maximum Gasteiger partial charge on any atom is 0.269 e. The van der Waals surface area contributed by atoms with Gasteiger partial charge in [-0.25, -0.2) is 0 Å². The summed E-state index contributed by atoms with van der Waals surface area (Å²) in [5.74, 6) is 1.06. The topological polar surface area (TPSA) is 47.6 Å². The summed E-state index contributed by atoms with van der Waals surface area (Å²) in [5.41, 5.74) is 2.06. The molecule has 2 atom stereocenters. The molecule has 2 aromatic rings. The molecular formula is C20H23NO3. The van der Waals surface area contributed by atoms with Crippen molar-refractivity contribution in [3.8, 4) is 11.5 Å². The summed E-state index contributed by atoms with van der Waals surface area (Å²) in [6.07, 6.45) is -1.03. The van der Waals surface area contributed by atoms with E-state index in [4.69, 9.17) is 9.47 Å². The molecule has 0 radical (unpaired) electrons. The van der Waals surface area contributed by atoms with Crippen LogP contribution in [0.5, 0.6) is 11.5 Å². The molecule has 3 rings (SSSR count). The molecule has 2 aromatic carbocycles. The van der Waals surface area contributed by atoms with Crippen LogP contribution < -0.4 is 14.8 Å². The molecule has 0 bridgehead atoms. The fourth-order valence-electron chi connectivity index (χ4n) is 2.67. The number of hydrogen-bond donors (Lipinski definition) is 1. The lowest BCUT2D eigenvalue weighted by Gasteiger charge is -2.31. The van der Waals surface area contributed by atoms with Gasteiger partial charge in [0.05, 0.1) is 0 Å². The summed E-state index contributed by atoms with van der Waals surface area (Å²) in [4.78, 5) is 12.6. The van der Waals surface area contributed by atoms with Crippen LogP contribution in [-0.4, -0.2) is 18.1 Å². The zero-order valence-electron chi connectivity index (χ0n) is 14.5. The minimum absolute atomic E-state index is 0.0844. The average molecular weight is 325 g/mol. The molecule has 1 N–H and O–H groups in total. The summed E-state index contributed by atoms with van der Waals surface area (Å²) in [5, 5.41) is 2.91. The molecule has 24 heavy (non-hydrogen) atoms. The van der Waals surface area contributed by atoms with Crippen molar-refractivity contribution in [1.82, 2.24) is 0 Å². The minimum atomic E-state index is -0.679. The summed E-state index contributed by atoms with van der Waals surface area (Å²) in [6, 6.07) is 15.3. The Labute approximate surface area is 142 Å². The van der Waals surface area contributed by atoms with E-state index in [2.05, 4.69) is 26.1 Å². The van der Waals surface area contributed by atoms with E-state index in [-0.39, 0.29) is 17.4 Å². The van der Waals surface area contributed by atoms with Crippen LogP contribution in [0, 0.1) is 0 Å². The van der Waals surface area contributed by atoms with Crippen LogP contribution >= 0.6 is 0 Å². The monoisotopic (exact) mass is 325 g/mol. The van der Waals surface area contributed by atoms with Gasteiger partial charge >= 0.3 is 0 Å². The summed E-state index contributed by atoms with van der Waals surface area (Å²) < 4.78 is 11.6. The predicted octanol–water partition coefficient (Wildman–Crippen LogP) is 4.15. The number of benzene rings is 2. The maximum absolute atomic E-state index is 12.6. The van der Waals surface area contributed by atoms with Gasteiger partial charge in [-0.1, -0.05) is 45.0 Å². The zero-order valence-corrected chi connectivity index (χ0v) is 14.5. The number of nitrogens with one attached hydrogen (secondary N) is 1. The van der Waals surface area contributed by atoms with Gasteiger partial charge in [-0.3, -0.25) is 4.79 Å². The van der Waals surface area contributed by atoms with Crippen molar-refractivity contribution >= 4 is 11.6 Å². The van der Waals surface area contributed by atoms with Crippen LogP contribution in [-0.2, 0) is 10.2 Å². The molecule has 4 nitrogen and oxygen atoms in total. The molecule has 1 amide bonds. The highest BCUT2D eigenvalue weighted by Crippen LogP contribution is 2.33. The molecule has 1 aliphatic rings. The molecule has 126 valence electrons. The van der Waals surface area contributed by atoms with Crippen molar-refractivity contribution in [3.63, 3.8) is 0 Å². The summed E-state index contributed by atoms with van der Waals surface area (Å²) in [7, 11) is 0. The first-order chi connectivity index (χ1) is 11.3. The smallest absolute Gasteiger partial charge is 0.269 e. The molecule has 0 spiro atoms. The molecule has 0 aliphatic carbocycles. The molecule has 0 fully saturated rings. The first-order valence-electron chi connectivity index (χ1n) is 8.18. The van der Waals surface area contributed by atoms with Crippen molar-refractivity contribution in [3.05, 3.63) is 54.1 Å². The lowest BCUT2D eigenvalue weighted by molar-refractivity contribution is -0.128. The highest BCUT2D eigenvalue weighted by molar-refractivity contribution is 5.95. The van der Waals surface area contributed by atoms with Gasteiger partial charge in [0.15, 0.2) is 11.5 Å². The molecule has 1 heterocycles. The van der Waals surface area contributed by atoms with Gasteiger partial charge in [0.2, 0.25) is 6.10 Å². The number of carbonyl (C=O) groups is 1. The number of rotatable bonds is 2. The first kappa shape index (κ1) is 16.4. The van der Waals surface area contributed by atoms with E-state index in [0.717, 1.165) is 5.69 Å². The van der Waals surface area contributed by atoms with Crippen LogP contribution in [0.15, 0.2) is 48.5 Å². The Morgan fingerprint density at radius 3 is 2.12 bits per heavy atom. The fraction of sp³-hybridized carbons (Fsp3) is 0.350. The molecular weight excluding hydrogens is 302 g/mol. The van der Waals surface area contributed by atoms with Crippen molar-refractivity contribution in [2.75, 3.05) is 5.32 Å². The van der Waals surface area contributed by atoms with Crippen LogP contribution in [0.2, 0.25) is 0 Å². The molecule has 0 saturated heterocycles. The Morgan fingerprint density at radius 1 is 0.958 bits per heavy atom. The van der Waals surface area contributed by atoms with Crippen LogP contribution in [0.25, 0.3) is 0 Å². The second-order valence-electron chi connectivity index (χ2n) is 7.12. The normalized spacial score (nSPS) is 19.7. The average Bonchev–Trinajstić information content (AvgIpc) is 2.53. The number of hydrogen-bond acceptors (Lipinski definition) is 3. The lowest BCUT2D eigenvalue weighted by atomic mass is 9.87. The van der Waals surface area contributed by atoms with Crippen LogP contribution in [0.4, 0.5) is 5.69 Å². The second-order valence-corrected chi connectivity index (χ2v) is 7.12. The predicted molar refractivity (Wildman–Crippen MR) is 94.7 cm³/mol. The van der Waals surface area contributed by atoms with E-state index in [1.807, 2.05) is 49.4 Å². The Kier molecular flexibility index (Phi) is 4.22. The van der Waals surface area contributed by atoms with Gasteiger partial charge in [0.25, 0.3) is 5.91 Å². The van der Waals surface area contributed by atoms with Gasteiger partial charge in [-0.05, 0) is 42.2 Å². The Hall–Kier alpha value is -2.49. The number of carbonyl (C=O) groups excluding carboxylic acids is 1. The Balaban J connectivity index is 1.71. The van der Waals surface area contributed by atoms with Crippen molar-refractivity contribution < 1.29 is 14.3 Å². The van der Waals surface area contributed by atoms with Crippen molar-refractivity contribution in [2.24, 2.45) is 0 Å². The van der Waals surface area contributed by atoms with E-state index in [9.17, 15) is 4.79 Å². The van der Waals surface area contributed by atoms with E-state index < -0.39 is 6.10 Å². The lowest BCUT2D eigenvalue weighted by Crippen LogP contribution is -2.46. The quantitative estimate of drug-likeness (QED) is 0.902. The number of amides is 1. The summed E-state index contributed by atoms with van der Waals surface area (Å²) >= 11 is 0. The molecule has 0 saturated carbocycles. The molecule has 1 aliphatic heterocycles. The van der Waals surface area contributed by atoms with Gasteiger partial charge in [-0.15, -0.1) is 0 Å². The Bertz CT molecular complexity index is 731. The van der Waals surface area contributed by atoms with Gasteiger partial charge in [0, 0.05) is 5.69 Å². The standard InChI is InChI=1S/C20H23NO3/c1-13-18(24-17-8-6-5-7-16(17)23-13)19(22)21-15-11-9-14(10-12-15)20(2,3)4/h5-13,18H,1-4H3,(H,21,22). The van der Waals surface area contributed by atoms with Gasteiger partial charge in [-0.2, -0.15) is 0 Å². The maximum atomic E-state index is 12.6. The number of para-hydroxylation sites is 2. The number of fused-ring (bicyclic) bond motifs is 1. The number of anilines is 1. The van der Waals surface area contributed by atoms with Gasteiger partial charge < -0.3 is 14.8 Å². The third-order valence-corrected chi connectivity index (χ3v) is 4.12. The summed E-state index contributed by atoms with van der Waals surface area (Å²) in [6.45, 7) is 8.32. The SMILES string of the molecule is CC1Oc2ccccc2OC1C(=O)Nc1ccc(C(C)(C)C)cc1. The minimum Gasteiger partial charge on any atom is -0.482 e. The van der Waals surface area contributed by atoms with Crippen molar-refractivity contribution in [2.45, 2.75) is 45.3 Å². The molecule has 2 unspecified atom stereocenters. The van der Waals surface area contributed by atoms with Crippen LogP contribution in [0.3, 0.4) is 0 Å². The third-order valence-electron chi connectivity index (χ3n) is 4.12. The second kappa shape index (κ2) is 6.19. The zero-order chi connectivity index (χ0) is 17.3. The number of ether oxygens (including phenoxy) is 2.